The zero-order valence-electron chi connectivity index (χ0n) is 10.3. The summed E-state index contributed by atoms with van der Waals surface area (Å²) in [5.74, 6) is 0. The van der Waals surface area contributed by atoms with E-state index in [1.165, 1.54) is 6.20 Å². The van der Waals surface area contributed by atoms with Crippen LogP contribution >= 0.6 is 11.6 Å². The molecule has 6 heteroatoms. The normalized spacial score (nSPS) is 11.9. The fourth-order valence-corrected chi connectivity index (χ4v) is 3.15. The van der Waals surface area contributed by atoms with E-state index >= 15 is 0 Å². The Bertz CT molecular complexity index is 900. The quantitative estimate of drug-likeness (QED) is 0.763. The lowest BCUT2D eigenvalue weighted by Crippen LogP contribution is -2.11. The van der Waals surface area contributed by atoms with Crippen LogP contribution in [0.3, 0.4) is 0 Å². The van der Waals surface area contributed by atoms with Crippen LogP contribution in [0.25, 0.3) is 22.0 Å². The van der Waals surface area contributed by atoms with Gasteiger partial charge in [0.2, 0.25) is 10.0 Å². The molecule has 3 rings (SSSR count). The maximum atomic E-state index is 11.5. The second kappa shape index (κ2) is 4.63. The van der Waals surface area contributed by atoms with Crippen LogP contribution in [-0.4, -0.2) is 13.4 Å². The number of nitrogens with one attached hydrogen (secondary N) is 1. The monoisotopic (exact) mass is 306 g/mol. The standard InChI is InChI=1S/C14H11ClN2O2S/c15-12-4-2-1-3-10(12)9-5-6-11-13(7-9)17-8-14(11)20(16,18)19/h1-8,17H,(H2,16,18,19). The highest BCUT2D eigenvalue weighted by Gasteiger charge is 2.14. The Morgan fingerprint density at radius 3 is 2.55 bits per heavy atom. The highest BCUT2D eigenvalue weighted by atomic mass is 35.5. The number of benzene rings is 2. The summed E-state index contributed by atoms with van der Waals surface area (Å²) in [5, 5.41) is 6.39. The number of aromatic nitrogens is 1. The molecule has 0 atom stereocenters. The zero-order chi connectivity index (χ0) is 14.3. The second-order valence-electron chi connectivity index (χ2n) is 4.44. The average Bonchev–Trinajstić information content (AvgIpc) is 2.82. The minimum absolute atomic E-state index is 0.0956. The molecule has 0 fully saturated rings. The molecule has 0 saturated carbocycles. The number of hydrogen-bond acceptors (Lipinski definition) is 2. The van der Waals surface area contributed by atoms with E-state index in [-0.39, 0.29) is 4.90 Å². The maximum Gasteiger partial charge on any atom is 0.240 e. The van der Waals surface area contributed by atoms with Crippen molar-refractivity contribution in [1.82, 2.24) is 4.98 Å². The van der Waals surface area contributed by atoms with Crippen molar-refractivity contribution in [2.24, 2.45) is 5.14 Å². The highest BCUT2D eigenvalue weighted by molar-refractivity contribution is 7.89. The number of sulfonamides is 1. The summed E-state index contributed by atoms with van der Waals surface area (Å²) >= 11 is 6.16. The Kier molecular flexibility index (Phi) is 3.05. The Labute approximate surface area is 121 Å². The van der Waals surface area contributed by atoms with Crippen molar-refractivity contribution < 1.29 is 8.42 Å². The van der Waals surface area contributed by atoms with E-state index in [2.05, 4.69) is 4.98 Å². The van der Waals surface area contributed by atoms with Crippen molar-refractivity contribution in [1.29, 1.82) is 0 Å². The molecule has 1 heterocycles. The van der Waals surface area contributed by atoms with Crippen molar-refractivity contribution >= 4 is 32.5 Å². The lowest BCUT2D eigenvalue weighted by Gasteiger charge is -2.04. The third kappa shape index (κ3) is 2.20. The van der Waals surface area contributed by atoms with Gasteiger partial charge in [0.15, 0.2) is 0 Å². The Hall–Kier alpha value is -1.82. The van der Waals surface area contributed by atoms with Crippen LogP contribution < -0.4 is 5.14 Å². The van der Waals surface area contributed by atoms with E-state index in [9.17, 15) is 8.42 Å². The van der Waals surface area contributed by atoms with Gasteiger partial charge < -0.3 is 4.98 Å². The summed E-state index contributed by atoms with van der Waals surface area (Å²) in [4.78, 5) is 3.02. The molecule has 0 amide bonds. The predicted octanol–water partition coefficient (Wildman–Crippen LogP) is 3.14. The summed E-state index contributed by atoms with van der Waals surface area (Å²) in [6.07, 6.45) is 1.40. The third-order valence-corrected chi connectivity index (χ3v) is 4.42. The smallest absolute Gasteiger partial charge is 0.240 e. The van der Waals surface area contributed by atoms with Crippen LogP contribution in [0.4, 0.5) is 0 Å². The number of fused-ring (bicyclic) bond motifs is 1. The molecule has 3 aromatic rings. The molecule has 0 bridgehead atoms. The van der Waals surface area contributed by atoms with Gasteiger partial charge in [-0.15, -0.1) is 0 Å². The summed E-state index contributed by atoms with van der Waals surface area (Å²) in [5.41, 5.74) is 2.50. The van der Waals surface area contributed by atoms with Gasteiger partial charge in [0.05, 0.1) is 0 Å². The highest BCUT2D eigenvalue weighted by Crippen LogP contribution is 2.31. The molecule has 2 aromatic carbocycles. The summed E-state index contributed by atoms with van der Waals surface area (Å²) < 4.78 is 22.9. The minimum Gasteiger partial charge on any atom is -0.360 e. The number of rotatable bonds is 2. The molecule has 0 saturated heterocycles. The number of H-pyrrole nitrogens is 1. The second-order valence-corrected chi connectivity index (χ2v) is 6.38. The minimum atomic E-state index is -3.73. The molecule has 4 nitrogen and oxygen atoms in total. The van der Waals surface area contributed by atoms with E-state index in [0.29, 0.717) is 15.9 Å². The molecule has 1 aromatic heterocycles. The fourth-order valence-electron chi connectivity index (χ4n) is 2.20. The summed E-state index contributed by atoms with van der Waals surface area (Å²) in [7, 11) is -3.73. The van der Waals surface area contributed by atoms with Crippen LogP contribution in [0, 0.1) is 0 Å². The largest absolute Gasteiger partial charge is 0.360 e. The molecule has 0 aliphatic carbocycles. The van der Waals surface area contributed by atoms with E-state index in [0.717, 1.165) is 11.1 Å². The van der Waals surface area contributed by atoms with Gasteiger partial charge in [0, 0.05) is 27.7 Å². The third-order valence-electron chi connectivity index (χ3n) is 3.14. The summed E-state index contributed by atoms with van der Waals surface area (Å²) in [6.45, 7) is 0. The topological polar surface area (TPSA) is 76.0 Å². The molecule has 0 radical (unpaired) electrons. The summed E-state index contributed by atoms with van der Waals surface area (Å²) in [6, 6.07) is 12.9. The molecular formula is C14H11ClN2O2S. The van der Waals surface area contributed by atoms with Gasteiger partial charge >= 0.3 is 0 Å². The van der Waals surface area contributed by atoms with E-state index in [4.69, 9.17) is 16.7 Å². The first-order chi connectivity index (χ1) is 9.47. The van der Waals surface area contributed by atoms with E-state index < -0.39 is 10.0 Å². The van der Waals surface area contributed by atoms with Crippen LogP contribution in [0.2, 0.25) is 5.02 Å². The zero-order valence-corrected chi connectivity index (χ0v) is 11.9. The Morgan fingerprint density at radius 2 is 1.85 bits per heavy atom. The Morgan fingerprint density at radius 1 is 1.10 bits per heavy atom. The van der Waals surface area contributed by atoms with Gasteiger partial charge in [-0.05, 0) is 17.7 Å². The van der Waals surface area contributed by atoms with Gasteiger partial charge in [0.1, 0.15) is 4.90 Å². The van der Waals surface area contributed by atoms with E-state index in [1.807, 2.05) is 36.4 Å². The van der Waals surface area contributed by atoms with Crippen molar-refractivity contribution in [3.05, 3.63) is 53.7 Å². The number of aromatic amines is 1. The Balaban J connectivity index is 2.21. The SMILES string of the molecule is NS(=O)(=O)c1c[nH]c2cc(-c3ccccc3Cl)ccc12. The fraction of sp³-hybridized carbons (Fsp3) is 0. The molecular weight excluding hydrogens is 296 g/mol. The van der Waals surface area contributed by atoms with Gasteiger partial charge in [0.25, 0.3) is 0 Å². The first-order valence-electron chi connectivity index (χ1n) is 5.85. The molecule has 0 spiro atoms. The first-order valence-corrected chi connectivity index (χ1v) is 7.78. The lowest BCUT2D eigenvalue weighted by atomic mass is 10.0. The van der Waals surface area contributed by atoms with Gasteiger partial charge in [-0.25, -0.2) is 13.6 Å². The van der Waals surface area contributed by atoms with Crippen molar-refractivity contribution in [2.75, 3.05) is 0 Å². The molecule has 0 aliphatic heterocycles. The maximum absolute atomic E-state index is 11.5. The lowest BCUT2D eigenvalue weighted by molar-refractivity contribution is 0.598. The van der Waals surface area contributed by atoms with Gasteiger partial charge in [-0.3, -0.25) is 0 Å². The molecule has 0 aliphatic rings. The van der Waals surface area contributed by atoms with Gasteiger partial charge in [-0.2, -0.15) is 0 Å². The van der Waals surface area contributed by atoms with Crippen molar-refractivity contribution in [2.45, 2.75) is 4.90 Å². The first kappa shape index (κ1) is 13.2. The number of hydrogen-bond donors (Lipinski definition) is 2. The number of halogens is 1. The predicted molar refractivity (Wildman–Crippen MR) is 80.1 cm³/mol. The number of primary sulfonamides is 1. The van der Waals surface area contributed by atoms with Crippen LogP contribution in [0.1, 0.15) is 0 Å². The molecule has 3 N–H and O–H groups in total. The molecule has 20 heavy (non-hydrogen) atoms. The van der Waals surface area contributed by atoms with Crippen LogP contribution in [0.15, 0.2) is 53.6 Å². The average molecular weight is 307 g/mol. The number of nitrogens with two attached hydrogens (primary N) is 1. The van der Waals surface area contributed by atoms with Crippen LogP contribution in [-0.2, 0) is 10.0 Å². The van der Waals surface area contributed by atoms with E-state index in [1.54, 1.807) is 6.07 Å². The molecule has 102 valence electrons. The van der Waals surface area contributed by atoms with Crippen molar-refractivity contribution in [3.63, 3.8) is 0 Å². The van der Waals surface area contributed by atoms with Crippen molar-refractivity contribution in [3.8, 4) is 11.1 Å². The van der Waals surface area contributed by atoms with Gasteiger partial charge in [-0.1, -0.05) is 41.9 Å². The van der Waals surface area contributed by atoms with Crippen LogP contribution in [0.5, 0.6) is 0 Å². The molecule has 0 unspecified atom stereocenters.